The van der Waals surface area contributed by atoms with Crippen molar-refractivity contribution in [2.24, 2.45) is 0 Å². The molecule has 1 unspecified atom stereocenters. The van der Waals surface area contributed by atoms with Gasteiger partial charge in [-0.05, 0) is 46.4 Å². The van der Waals surface area contributed by atoms with E-state index in [1.54, 1.807) is 16.9 Å². The smallest absolute Gasteiger partial charge is 0.271 e. The number of amides is 1. The largest absolute Gasteiger partial charge is 0.471 e. The van der Waals surface area contributed by atoms with Crippen LogP contribution in [0, 0.1) is 0 Å². The van der Waals surface area contributed by atoms with Crippen molar-refractivity contribution >= 4 is 5.91 Å². The maximum absolute atomic E-state index is 12.4. The topological polar surface area (TPSA) is 76.4 Å². The van der Waals surface area contributed by atoms with Gasteiger partial charge in [0.1, 0.15) is 11.4 Å². The number of hydrogen-bond acceptors (Lipinski definition) is 4. The summed E-state index contributed by atoms with van der Waals surface area (Å²) in [4.78, 5) is 12.4. The second-order valence-electron chi connectivity index (χ2n) is 8.45. The van der Waals surface area contributed by atoms with E-state index < -0.39 is 6.10 Å². The predicted octanol–water partition coefficient (Wildman–Crippen LogP) is 5.17. The van der Waals surface area contributed by atoms with Crippen LogP contribution in [0.2, 0.25) is 0 Å². The molecule has 2 N–H and O–H groups in total. The van der Waals surface area contributed by atoms with Crippen LogP contribution >= 0.6 is 0 Å². The standard InChI is InChI=1S/C28H29N3O3/c1-20(2)21-8-10-24(11-9-21)27(32)18-29-28(33)26-16-17-31(30-26)19-34-25-14-12-23(13-15-25)22-6-4-3-5-7-22/h3-17,20,27,32H,18-19H2,1-2H3,(H,29,33). The highest BCUT2D eigenvalue weighted by Crippen LogP contribution is 2.22. The lowest BCUT2D eigenvalue weighted by Crippen LogP contribution is -2.28. The van der Waals surface area contributed by atoms with E-state index in [2.05, 4.69) is 36.4 Å². The van der Waals surface area contributed by atoms with E-state index in [0.717, 1.165) is 16.7 Å². The molecule has 1 aromatic heterocycles. The average Bonchev–Trinajstić information content (AvgIpc) is 3.36. The number of aromatic nitrogens is 2. The molecule has 34 heavy (non-hydrogen) atoms. The number of carbonyl (C=O) groups is 1. The highest BCUT2D eigenvalue weighted by Gasteiger charge is 2.13. The summed E-state index contributed by atoms with van der Waals surface area (Å²) in [6, 6.07) is 27.4. The van der Waals surface area contributed by atoms with Gasteiger partial charge in [0.15, 0.2) is 6.73 Å². The second-order valence-corrected chi connectivity index (χ2v) is 8.45. The van der Waals surface area contributed by atoms with Crippen molar-refractivity contribution in [1.82, 2.24) is 15.1 Å². The van der Waals surface area contributed by atoms with Gasteiger partial charge in [-0.1, -0.05) is 80.6 Å². The Morgan fingerprint density at radius 3 is 2.24 bits per heavy atom. The van der Waals surface area contributed by atoms with Crippen LogP contribution < -0.4 is 10.1 Å². The Hall–Kier alpha value is -3.90. The third-order valence-electron chi connectivity index (χ3n) is 5.64. The van der Waals surface area contributed by atoms with Gasteiger partial charge in [-0.3, -0.25) is 4.79 Å². The Bertz CT molecular complexity index is 1200. The quantitative estimate of drug-likeness (QED) is 0.365. The van der Waals surface area contributed by atoms with Crippen molar-refractivity contribution in [3.05, 3.63) is 108 Å². The molecule has 0 radical (unpaired) electrons. The van der Waals surface area contributed by atoms with Crippen LogP contribution in [-0.4, -0.2) is 27.3 Å². The number of aliphatic hydroxyl groups is 1. The number of carbonyl (C=O) groups excluding carboxylic acids is 1. The molecule has 174 valence electrons. The molecule has 4 aromatic rings. The van der Waals surface area contributed by atoms with Gasteiger partial charge in [0.25, 0.3) is 5.91 Å². The van der Waals surface area contributed by atoms with Gasteiger partial charge in [-0.25, -0.2) is 4.68 Å². The van der Waals surface area contributed by atoms with E-state index >= 15 is 0 Å². The lowest BCUT2D eigenvalue weighted by atomic mass is 10.00. The molecule has 0 aliphatic rings. The van der Waals surface area contributed by atoms with Crippen molar-refractivity contribution in [2.75, 3.05) is 6.54 Å². The highest BCUT2D eigenvalue weighted by molar-refractivity contribution is 5.92. The van der Waals surface area contributed by atoms with E-state index in [1.807, 2.05) is 66.7 Å². The Morgan fingerprint density at radius 2 is 1.56 bits per heavy atom. The molecule has 0 saturated carbocycles. The molecule has 0 fully saturated rings. The van der Waals surface area contributed by atoms with Crippen molar-refractivity contribution in [3.63, 3.8) is 0 Å². The Kier molecular flexibility index (Phi) is 7.40. The van der Waals surface area contributed by atoms with Gasteiger partial charge >= 0.3 is 0 Å². The van der Waals surface area contributed by atoms with Crippen molar-refractivity contribution in [2.45, 2.75) is 32.6 Å². The van der Waals surface area contributed by atoms with Gasteiger partial charge in [0, 0.05) is 12.7 Å². The molecule has 1 atom stereocenters. The number of rotatable bonds is 9. The molecular formula is C28H29N3O3. The Labute approximate surface area is 199 Å². The average molecular weight is 456 g/mol. The van der Waals surface area contributed by atoms with Crippen LogP contribution in [0.5, 0.6) is 5.75 Å². The summed E-state index contributed by atoms with van der Waals surface area (Å²) in [7, 11) is 0. The maximum atomic E-state index is 12.4. The van der Waals surface area contributed by atoms with E-state index in [4.69, 9.17) is 4.74 Å². The molecule has 6 nitrogen and oxygen atoms in total. The lowest BCUT2D eigenvalue weighted by molar-refractivity contribution is 0.0909. The lowest BCUT2D eigenvalue weighted by Gasteiger charge is -2.13. The molecule has 3 aromatic carbocycles. The molecular weight excluding hydrogens is 426 g/mol. The molecule has 6 heteroatoms. The van der Waals surface area contributed by atoms with Crippen molar-refractivity contribution in [1.29, 1.82) is 0 Å². The van der Waals surface area contributed by atoms with E-state index in [-0.39, 0.29) is 24.9 Å². The third-order valence-corrected chi connectivity index (χ3v) is 5.64. The van der Waals surface area contributed by atoms with Gasteiger partial charge < -0.3 is 15.2 Å². The fraction of sp³-hybridized carbons (Fsp3) is 0.214. The van der Waals surface area contributed by atoms with Gasteiger partial charge in [-0.15, -0.1) is 0 Å². The zero-order chi connectivity index (χ0) is 23.9. The van der Waals surface area contributed by atoms with Crippen molar-refractivity contribution < 1.29 is 14.6 Å². The van der Waals surface area contributed by atoms with Gasteiger partial charge in [0.2, 0.25) is 0 Å². The highest BCUT2D eigenvalue weighted by atomic mass is 16.5. The first-order valence-corrected chi connectivity index (χ1v) is 11.4. The Morgan fingerprint density at radius 1 is 0.912 bits per heavy atom. The van der Waals surface area contributed by atoms with Crippen LogP contribution in [0.3, 0.4) is 0 Å². The Balaban J connectivity index is 1.27. The minimum absolute atomic E-state index is 0.108. The zero-order valence-corrected chi connectivity index (χ0v) is 19.4. The second kappa shape index (κ2) is 10.8. The number of hydrogen-bond donors (Lipinski definition) is 2. The number of benzene rings is 3. The first-order valence-electron chi connectivity index (χ1n) is 11.4. The summed E-state index contributed by atoms with van der Waals surface area (Å²) in [5.41, 5.74) is 4.51. The molecule has 0 spiro atoms. The van der Waals surface area contributed by atoms with Gasteiger partial charge in [0.05, 0.1) is 6.10 Å². The molecule has 0 aliphatic heterocycles. The van der Waals surface area contributed by atoms with Gasteiger partial charge in [-0.2, -0.15) is 5.10 Å². The first-order chi connectivity index (χ1) is 16.5. The summed E-state index contributed by atoms with van der Waals surface area (Å²) in [5.74, 6) is 0.801. The fourth-order valence-corrected chi connectivity index (χ4v) is 3.57. The minimum Gasteiger partial charge on any atom is -0.471 e. The first kappa shape index (κ1) is 23.3. The monoisotopic (exact) mass is 455 g/mol. The fourth-order valence-electron chi connectivity index (χ4n) is 3.57. The van der Waals surface area contributed by atoms with Crippen LogP contribution in [0.25, 0.3) is 11.1 Å². The van der Waals surface area contributed by atoms with Crippen LogP contribution in [0.15, 0.2) is 91.1 Å². The van der Waals surface area contributed by atoms with Crippen molar-refractivity contribution in [3.8, 4) is 16.9 Å². The number of nitrogens with one attached hydrogen (secondary N) is 1. The summed E-state index contributed by atoms with van der Waals surface area (Å²) >= 11 is 0. The van der Waals surface area contributed by atoms with Crippen LogP contribution in [0.1, 0.15) is 47.5 Å². The molecule has 0 bridgehead atoms. The van der Waals surface area contributed by atoms with Crippen LogP contribution in [0.4, 0.5) is 0 Å². The SMILES string of the molecule is CC(C)c1ccc(C(O)CNC(=O)c2ccn(COc3ccc(-c4ccccc4)cc3)n2)cc1. The summed E-state index contributed by atoms with van der Waals surface area (Å²) in [6.07, 6.45) is 0.906. The summed E-state index contributed by atoms with van der Waals surface area (Å²) in [6.45, 7) is 4.54. The van der Waals surface area contributed by atoms with E-state index in [9.17, 15) is 9.90 Å². The van der Waals surface area contributed by atoms with E-state index in [1.165, 1.54) is 5.56 Å². The van der Waals surface area contributed by atoms with E-state index in [0.29, 0.717) is 11.7 Å². The summed E-state index contributed by atoms with van der Waals surface area (Å²) < 4.78 is 7.34. The number of nitrogens with zero attached hydrogens (tertiary/aromatic N) is 2. The third kappa shape index (κ3) is 5.91. The summed E-state index contributed by atoms with van der Waals surface area (Å²) in [5, 5.41) is 17.4. The zero-order valence-electron chi connectivity index (χ0n) is 19.4. The normalized spacial score (nSPS) is 11.9. The molecule has 0 aliphatic carbocycles. The molecule has 4 rings (SSSR count). The predicted molar refractivity (Wildman–Crippen MR) is 133 cm³/mol. The number of ether oxygens (including phenoxy) is 1. The molecule has 0 saturated heterocycles. The maximum Gasteiger partial charge on any atom is 0.271 e. The molecule has 1 heterocycles. The number of aliphatic hydroxyl groups excluding tert-OH is 1. The molecule has 1 amide bonds. The van der Waals surface area contributed by atoms with Crippen LogP contribution in [-0.2, 0) is 6.73 Å². The minimum atomic E-state index is -0.783.